The molecule has 0 aliphatic carbocycles. The van der Waals surface area contributed by atoms with Crippen LogP contribution in [0.2, 0.25) is 5.02 Å². The molecule has 0 saturated heterocycles. The molecule has 0 aliphatic rings. The zero-order valence-electron chi connectivity index (χ0n) is 18.8. The number of amides is 1. The number of anilines is 1. The predicted octanol–water partition coefficient (Wildman–Crippen LogP) is 6.99. The molecule has 4 aromatic carbocycles. The number of aromatic nitrogens is 1. The number of carbonyl (C=O) groups excluding carboxylic acids is 1. The van der Waals surface area contributed by atoms with Crippen LogP contribution in [0.15, 0.2) is 95.4 Å². The molecule has 0 bridgehead atoms. The van der Waals surface area contributed by atoms with E-state index in [1.807, 2.05) is 42.5 Å². The van der Waals surface area contributed by atoms with Gasteiger partial charge in [0.25, 0.3) is 5.91 Å². The minimum Gasteiger partial charge on any atom is -0.495 e. The standard InChI is InChI=1S/C28H21ClN2O4/c1-33-25-12-10-20(15-23(25)29)28-31-24-16-21(11-13-26(24)35-28)30-27(32)19-8-5-9-22(14-19)34-17-18-6-3-2-4-7-18/h2-16H,17H2,1H3,(H,30,32). The number of rotatable bonds is 7. The van der Waals surface area contributed by atoms with Crippen LogP contribution in [0.4, 0.5) is 5.69 Å². The maximum Gasteiger partial charge on any atom is 0.255 e. The summed E-state index contributed by atoms with van der Waals surface area (Å²) < 4.78 is 16.9. The van der Waals surface area contributed by atoms with Crippen LogP contribution in [0.1, 0.15) is 15.9 Å². The van der Waals surface area contributed by atoms with Crippen LogP contribution in [0.3, 0.4) is 0 Å². The second-order valence-corrected chi connectivity index (χ2v) is 8.21. The number of halogens is 1. The first kappa shape index (κ1) is 22.5. The molecule has 0 aliphatic heterocycles. The maximum atomic E-state index is 12.9. The lowest BCUT2D eigenvalue weighted by Crippen LogP contribution is -2.12. The highest BCUT2D eigenvalue weighted by atomic mass is 35.5. The van der Waals surface area contributed by atoms with Gasteiger partial charge in [0.1, 0.15) is 23.6 Å². The largest absolute Gasteiger partial charge is 0.495 e. The SMILES string of the molecule is COc1ccc(-c2nc3cc(NC(=O)c4cccc(OCc5ccccc5)c4)ccc3o2)cc1Cl. The first-order valence-electron chi connectivity index (χ1n) is 10.9. The third kappa shape index (κ3) is 5.13. The molecule has 35 heavy (non-hydrogen) atoms. The van der Waals surface area contributed by atoms with Gasteiger partial charge in [-0.15, -0.1) is 0 Å². The summed E-state index contributed by atoms with van der Waals surface area (Å²) in [6.07, 6.45) is 0. The number of nitrogens with one attached hydrogen (secondary N) is 1. The van der Waals surface area contributed by atoms with Gasteiger partial charge in [0, 0.05) is 16.8 Å². The lowest BCUT2D eigenvalue weighted by molar-refractivity contribution is 0.102. The van der Waals surface area contributed by atoms with Gasteiger partial charge < -0.3 is 19.2 Å². The van der Waals surface area contributed by atoms with E-state index >= 15 is 0 Å². The Kier molecular flexibility index (Phi) is 6.37. The first-order valence-corrected chi connectivity index (χ1v) is 11.3. The van der Waals surface area contributed by atoms with E-state index in [0.29, 0.717) is 51.4 Å². The van der Waals surface area contributed by atoms with Crippen molar-refractivity contribution in [3.05, 3.63) is 107 Å². The summed E-state index contributed by atoms with van der Waals surface area (Å²) in [4.78, 5) is 17.4. The van der Waals surface area contributed by atoms with Crippen LogP contribution in [-0.2, 0) is 6.61 Å². The average Bonchev–Trinajstić information content (AvgIpc) is 3.32. The van der Waals surface area contributed by atoms with Crippen LogP contribution in [0.5, 0.6) is 11.5 Å². The van der Waals surface area contributed by atoms with Crippen molar-refractivity contribution in [2.75, 3.05) is 12.4 Å². The molecule has 1 amide bonds. The zero-order chi connectivity index (χ0) is 24.2. The Morgan fingerprint density at radius 3 is 2.63 bits per heavy atom. The minimum atomic E-state index is -0.250. The van der Waals surface area contributed by atoms with E-state index in [2.05, 4.69) is 10.3 Å². The highest BCUT2D eigenvalue weighted by molar-refractivity contribution is 6.32. The molecule has 0 fully saturated rings. The van der Waals surface area contributed by atoms with Gasteiger partial charge in [-0.05, 0) is 60.2 Å². The molecule has 1 heterocycles. The van der Waals surface area contributed by atoms with Crippen molar-refractivity contribution in [2.45, 2.75) is 6.61 Å². The summed E-state index contributed by atoms with van der Waals surface area (Å²) in [5, 5.41) is 3.38. The number of nitrogens with zero attached hydrogens (tertiary/aromatic N) is 1. The Bertz CT molecular complexity index is 1500. The molecule has 0 unspecified atom stereocenters. The van der Waals surface area contributed by atoms with Crippen LogP contribution in [0.25, 0.3) is 22.6 Å². The molecule has 5 rings (SSSR count). The van der Waals surface area contributed by atoms with Crippen LogP contribution >= 0.6 is 11.6 Å². The fourth-order valence-corrected chi connectivity index (χ4v) is 3.86. The lowest BCUT2D eigenvalue weighted by Gasteiger charge is -2.09. The third-order valence-corrected chi connectivity index (χ3v) is 5.68. The van der Waals surface area contributed by atoms with E-state index in [1.54, 1.807) is 55.6 Å². The van der Waals surface area contributed by atoms with Gasteiger partial charge in [-0.3, -0.25) is 4.79 Å². The molecule has 174 valence electrons. The minimum absolute atomic E-state index is 0.250. The van der Waals surface area contributed by atoms with Crippen molar-refractivity contribution in [1.29, 1.82) is 0 Å². The fourth-order valence-electron chi connectivity index (χ4n) is 3.60. The van der Waals surface area contributed by atoms with Gasteiger partial charge in [-0.25, -0.2) is 4.98 Å². The van der Waals surface area contributed by atoms with Crippen LogP contribution < -0.4 is 14.8 Å². The molecule has 0 atom stereocenters. The van der Waals surface area contributed by atoms with E-state index in [4.69, 9.17) is 25.5 Å². The monoisotopic (exact) mass is 484 g/mol. The van der Waals surface area contributed by atoms with Gasteiger partial charge in [-0.1, -0.05) is 48.0 Å². The lowest BCUT2D eigenvalue weighted by atomic mass is 10.2. The van der Waals surface area contributed by atoms with Crippen molar-refractivity contribution >= 4 is 34.3 Å². The van der Waals surface area contributed by atoms with E-state index < -0.39 is 0 Å². The van der Waals surface area contributed by atoms with Crippen molar-refractivity contribution in [3.63, 3.8) is 0 Å². The van der Waals surface area contributed by atoms with E-state index in [1.165, 1.54) is 0 Å². The Labute approximate surface area is 207 Å². The van der Waals surface area contributed by atoms with Gasteiger partial charge in [0.15, 0.2) is 5.58 Å². The summed E-state index contributed by atoms with van der Waals surface area (Å²) in [5.74, 6) is 1.37. The fraction of sp³-hybridized carbons (Fsp3) is 0.0714. The van der Waals surface area contributed by atoms with Gasteiger partial charge in [0.2, 0.25) is 5.89 Å². The summed E-state index contributed by atoms with van der Waals surface area (Å²) in [5.41, 5.74) is 4.09. The van der Waals surface area contributed by atoms with Gasteiger partial charge in [-0.2, -0.15) is 0 Å². The molecule has 1 N–H and O–H groups in total. The summed E-state index contributed by atoms with van der Waals surface area (Å²) >= 11 is 6.23. The molecule has 6 nitrogen and oxygen atoms in total. The Balaban J connectivity index is 1.30. The Morgan fingerprint density at radius 2 is 1.83 bits per heavy atom. The van der Waals surface area contributed by atoms with Crippen molar-refractivity contribution in [3.8, 4) is 23.0 Å². The second-order valence-electron chi connectivity index (χ2n) is 7.81. The maximum absolute atomic E-state index is 12.9. The van der Waals surface area contributed by atoms with E-state index in [0.717, 1.165) is 11.1 Å². The van der Waals surface area contributed by atoms with E-state index in [-0.39, 0.29) is 5.91 Å². The summed E-state index contributed by atoms with van der Waals surface area (Å²) in [6.45, 7) is 0.427. The molecule has 0 radical (unpaired) electrons. The summed E-state index contributed by atoms with van der Waals surface area (Å²) in [7, 11) is 1.56. The number of oxazole rings is 1. The molecule has 1 aromatic heterocycles. The van der Waals surface area contributed by atoms with Crippen molar-refractivity contribution in [1.82, 2.24) is 4.98 Å². The normalized spacial score (nSPS) is 10.8. The van der Waals surface area contributed by atoms with Crippen molar-refractivity contribution in [2.24, 2.45) is 0 Å². The van der Waals surface area contributed by atoms with Crippen LogP contribution in [-0.4, -0.2) is 18.0 Å². The predicted molar refractivity (Wildman–Crippen MR) is 136 cm³/mol. The molecule has 5 aromatic rings. The summed E-state index contributed by atoms with van der Waals surface area (Å²) in [6, 6.07) is 27.6. The number of carbonyl (C=O) groups is 1. The molecule has 0 saturated carbocycles. The number of hydrogen-bond acceptors (Lipinski definition) is 5. The smallest absolute Gasteiger partial charge is 0.255 e. The molecule has 7 heteroatoms. The number of methoxy groups -OCH3 is 1. The quantitative estimate of drug-likeness (QED) is 0.269. The Morgan fingerprint density at radius 1 is 0.971 bits per heavy atom. The highest BCUT2D eigenvalue weighted by Crippen LogP contribution is 2.32. The topological polar surface area (TPSA) is 73.6 Å². The average molecular weight is 485 g/mol. The molecular weight excluding hydrogens is 464 g/mol. The molecular formula is C28H21ClN2O4. The number of hydrogen-bond donors (Lipinski definition) is 1. The van der Waals surface area contributed by atoms with Crippen molar-refractivity contribution < 1.29 is 18.7 Å². The zero-order valence-corrected chi connectivity index (χ0v) is 19.6. The molecule has 0 spiro atoms. The Hall–Kier alpha value is -4.29. The van der Waals surface area contributed by atoms with E-state index in [9.17, 15) is 4.79 Å². The first-order chi connectivity index (χ1) is 17.1. The number of fused-ring (bicyclic) bond motifs is 1. The van der Waals surface area contributed by atoms with Crippen LogP contribution in [0, 0.1) is 0 Å². The van der Waals surface area contributed by atoms with Gasteiger partial charge >= 0.3 is 0 Å². The van der Waals surface area contributed by atoms with Gasteiger partial charge in [0.05, 0.1) is 12.1 Å². The number of ether oxygens (including phenoxy) is 2. The second kappa shape index (κ2) is 9.91. The number of benzene rings is 4. The third-order valence-electron chi connectivity index (χ3n) is 5.39. The highest BCUT2D eigenvalue weighted by Gasteiger charge is 2.13.